The highest BCUT2D eigenvalue weighted by molar-refractivity contribution is 5.84. The first-order chi connectivity index (χ1) is 7.36. The molecule has 0 unspecified atom stereocenters. The Bertz CT molecular complexity index is 440. The Morgan fingerprint density at radius 1 is 1.00 bits per heavy atom. The van der Waals surface area contributed by atoms with Crippen LogP contribution in [-0.2, 0) is 12.8 Å². The van der Waals surface area contributed by atoms with Crippen molar-refractivity contribution in [1.29, 1.82) is 0 Å². The second-order valence-corrected chi connectivity index (χ2v) is 4.14. The molecule has 0 amide bonds. The van der Waals surface area contributed by atoms with Crippen LogP contribution in [0, 0.1) is 0 Å². The van der Waals surface area contributed by atoms with E-state index in [-0.39, 0.29) is 0 Å². The van der Waals surface area contributed by atoms with Crippen LogP contribution in [0.1, 0.15) is 37.8 Å². The SMILES string of the molecule is CCCc1ccc2[nH]ccc2c1CCC. The lowest BCUT2D eigenvalue weighted by atomic mass is 9.96. The van der Waals surface area contributed by atoms with E-state index < -0.39 is 0 Å². The van der Waals surface area contributed by atoms with Crippen molar-refractivity contribution in [3.63, 3.8) is 0 Å². The summed E-state index contributed by atoms with van der Waals surface area (Å²) in [6, 6.07) is 6.70. The van der Waals surface area contributed by atoms with Gasteiger partial charge in [0.05, 0.1) is 0 Å². The minimum atomic E-state index is 1.20. The van der Waals surface area contributed by atoms with Gasteiger partial charge >= 0.3 is 0 Å². The molecule has 0 radical (unpaired) electrons. The molecule has 80 valence electrons. The molecule has 2 aromatic rings. The minimum absolute atomic E-state index is 1.20. The maximum absolute atomic E-state index is 3.29. The third-order valence-electron chi connectivity index (χ3n) is 2.96. The third-order valence-corrected chi connectivity index (χ3v) is 2.96. The van der Waals surface area contributed by atoms with Crippen LogP contribution in [0.3, 0.4) is 0 Å². The van der Waals surface area contributed by atoms with E-state index >= 15 is 0 Å². The molecular weight excluding hydrogens is 182 g/mol. The molecule has 15 heavy (non-hydrogen) atoms. The van der Waals surface area contributed by atoms with Gasteiger partial charge in [-0.1, -0.05) is 32.8 Å². The van der Waals surface area contributed by atoms with Crippen molar-refractivity contribution >= 4 is 10.9 Å². The van der Waals surface area contributed by atoms with Crippen LogP contribution in [0.4, 0.5) is 0 Å². The summed E-state index contributed by atoms with van der Waals surface area (Å²) in [5.41, 5.74) is 4.36. The number of aromatic amines is 1. The first-order valence-corrected chi connectivity index (χ1v) is 5.94. The molecule has 1 N–H and O–H groups in total. The fourth-order valence-electron chi connectivity index (χ4n) is 2.29. The molecular formula is C14H19N. The summed E-state index contributed by atoms with van der Waals surface area (Å²) in [5.74, 6) is 0. The van der Waals surface area contributed by atoms with Crippen LogP contribution < -0.4 is 0 Å². The Balaban J connectivity index is 2.53. The number of H-pyrrole nitrogens is 1. The average molecular weight is 201 g/mol. The average Bonchev–Trinajstić information content (AvgIpc) is 2.70. The predicted octanol–water partition coefficient (Wildman–Crippen LogP) is 4.07. The highest BCUT2D eigenvalue weighted by Crippen LogP contribution is 2.24. The number of hydrogen-bond donors (Lipinski definition) is 1. The van der Waals surface area contributed by atoms with E-state index in [1.165, 1.54) is 42.1 Å². The zero-order valence-electron chi connectivity index (χ0n) is 9.64. The van der Waals surface area contributed by atoms with Gasteiger partial charge in [0.15, 0.2) is 0 Å². The number of hydrogen-bond acceptors (Lipinski definition) is 0. The maximum atomic E-state index is 3.29. The summed E-state index contributed by atoms with van der Waals surface area (Å²) < 4.78 is 0. The quantitative estimate of drug-likeness (QED) is 0.767. The van der Waals surface area contributed by atoms with Gasteiger partial charge in [0.2, 0.25) is 0 Å². The zero-order valence-corrected chi connectivity index (χ0v) is 9.64. The molecule has 0 saturated heterocycles. The van der Waals surface area contributed by atoms with Gasteiger partial charge in [-0.15, -0.1) is 0 Å². The smallest absolute Gasteiger partial charge is 0.0456 e. The van der Waals surface area contributed by atoms with Crippen molar-refractivity contribution in [1.82, 2.24) is 4.98 Å². The van der Waals surface area contributed by atoms with Crippen LogP contribution in [0.2, 0.25) is 0 Å². The highest BCUT2D eigenvalue weighted by Gasteiger charge is 2.06. The van der Waals surface area contributed by atoms with E-state index in [0.717, 1.165) is 0 Å². The minimum Gasteiger partial charge on any atom is -0.361 e. The Labute approximate surface area is 91.5 Å². The van der Waals surface area contributed by atoms with Gasteiger partial charge in [-0.2, -0.15) is 0 Å². The van der Waals surface area contributed by atoms with Crippen LogP contribution in [0.5, 0.6) is 0 Å². The van der Waals surface area contributed by atoms with Crippen LogP contribution in [0.15, 0.2) is 24.4 Å². The maximum Gasteiger partial charge on any atom is 0.0456 e. The predicted molar refractivity (Wildman–Crippen MR) is 66.3 cm³/mol. The number of nitrogens with one attached hydrogen (secondary N) is 1. The van der Waals surface area contributed by atoms with Gasteiger partial charge in [0.25, 0.3) is 0 Å². The Morgan fingerprint density at radius 2 is 1.80 bits per heavy atom. The molecule has 0 fully saturated rings. The monoisotopic (exact) mass is 201 g/mol. The summed E-state index contributed by atoms with van der Waals surface area (Å²) >= 11 is 0. The Kier molecular flexibility index (Phi) is 3.10. The third kappa shape index (κ3) is 1.92. The van der Waals surface area contributed by atoms with Crippen molar-refractivity contribution in [3.05, 3.63) is 35.5 Å². The van der Waals surface area contributed by atoms with E-state index in [2.05, 4.69) is 37.0 Å². The summed E-state index contributed by atoms with van der Waals surface area (Å²) in [7, 11) is 0. The Hall–Kier alpha value is -1.24. The summed E-state index contributed by atoms with van der Waals surface area (Å²) in [6.07, 6.45) is 6.90. The number of fused-ring (bicyclic) bond motifs is 1. The first-order valence-electron chi connectivity index (χ1n) is 5.94. The zero-order chi connectivity index (χ0) is 10.7. The van der Waals surface area contributed by atoms with E-state index in [1.807, 2.05) is 6.20 Å². The fourth-order valence-corrected chi connectivity index (χ4v) is 2.29. The first kappa shape index (κ1) is 10.3. The Morgan fingerprint density at radius 3 is 2.53 bits per heavy atom. The molecule has 1 aromatic carbocycles. The van der Waals surface area contributed by atoms with Gasteiger partial charge in [0.1, 0.15) is 0 Å². The van der Waals surface area contributed by atoms with Gasteiger partial charge < -0.3 is 4.98 Å². The second kappa shape index (κ2) is 4.52. The molecule has 1 heterocycles. The summed E-state index contributed by atoms with van der Waals surface area (Å²) in [5, 5.41) is 1.42. The van der Waals surface area contributed by atoms with E-state index in [0.29, 0.717) is 0 Å². The summed E-state index contributed by atoms with van der Waals surface area (Å²) in [4.78, 5) is 3.29. The van der Waals surface area contributed by atoms with Crippen molar-refractivity contribution in [2.24, 2.45) is 0 Å². The standard InChI is InChI=1S/C14H19N/c1-3-5-11-7-8-14-13(9-10-15-14)12(11)6-4-2/h7-10,15H,3-6H2,1-2H3. The molecule has 1 heteroatoms. The lowest BCUT2D eigenvalue weighted by Gasteiger charge is -2.09. The molecule has 1 aromatic heterocycles. The lowest BCUT2D eigenvalue weighted by molar-refractivity contribution is 0.868. The molecule has 0 bridgehead atoms. The molecule has 2 rings (SSSR count). The second-order valence-electron chi connectivity index (χ2n) is 4.14. The molecule has 0 aliphatic carbocycles. The van der Waals surface area contributed by atoms with Gasteiger partial charge in [-0.25, -0.2) is 0 Å². The van der Waals surface area contributed by atoms with E-state index in [1.54, 1.807) is 5.56 Å². The molecule has 0 aliphatic heterocycles. The van der Waals surface area contributed by atoms with Crippen LogP contribution in [0.25, 0.3) is 10.9 Å². The number of aryl methyl sites for hydroxylation is 2. The number of rotatable bonds is 4. The normalized spacial score (nSPS) is 11.1. The number of aromatic nitrogens is 1. The molecule has 0 atom stereocenters. The summed E-state index contributed by atoms with van der Waals surface area (Å²) in [6.45, 7) is 4.50. The van der Waals surface area contributed by atoms with E-state index in [9.17, 15) is 0 Å². The van der Waals surface area contributed by atoms with Crippen molar-refractivity contribution in [3.8, 4) is 0 Å². The van der Waals surface area contributed by atoms with Crippen molar-refractivity contribution in [2.75, 3.05) is 0 Å². The molecule has 0 aliphatic rings. The molecule has 1 nitrogen and oxygen atoms in total. The topological polar surface area (TPSA) is 15.8 Å². The van der Waals surface area contributed by atoms with Crippen LogP contribution in [-0.4, -0.2) is 4.98 Å². The van der Waals surface area contributed by atoms with Gasteiger partial charge in [-0.3, -0.25) is 0 Å². The highest BCUT2D eigenvalue weighted by atomic mass is 14.7. The van der Waals surface area contributed by atoms with Crippen molar-refractivity contribution in [2.45, 2.75) is 39.5 Å². The largest absolute Gasteiger partial charge is 0.361 e. The molecule has 0 spiro atoms. The molecule has 0 saturated carbocycles. The van der Waals surface area contributed by atoms with Gasteiger partial charge in [-0.05, 0) is 36.1 Å². The van der Waals surface area contributed by atoms with Crippen molar-refractivity contribution < 1.29 is 0 Å². The lowest BCUT2D eigenvalue weighted by Crippen LogP contribution is -1.94. The number of benzene rings is 1. The van der Waals surface area contributed by atoms with Crippen LogP contribution >= 0.6 is 0 Å². The fraction of sp³-hybridized carbons (Fsp3) is 0.429. The van der Waals surface area contributed by atoms with E-state index in [4.69, 9.17) is 0 Å². The van der Waals surface area contributed by atoms with Gasteiger partial charge in [0, 0.05) is 17.1 Å².